The molecule has 3 atom stereocenters. The molecule has 7 nitrogen and oxygen atoms in total. The topological polar surface area (TPSA) is 90.9 Å². The van der Waals surface area contributed by atoms with E-state index in [1.54, 1.807) is 6.92 Å². The Kier molecular flexibility index (Phi) is 8.19. The Morgan fingerprint density at radius 1 is 1.14 bits per heavy atom. The molecule has 1 aliphatic heterocycles. The third-order valence-electron chi connectivity index (χ3n) is 5.34. The van der Waals surface area contributed by atoms with Gasteiger partial charge in [0.2, 0.25) is 5.91 Å². The van der Waals surface area contributed by atoms with E-state index < -0.39 is 44.2 Å². The number of carbonyl (C=O) groups is 3. The van der Waals surface area contributed by atoms with E-state index in [0.717, 1.165) is 0 Å². The van der Waals surface area contributed by atoms with Crippen LogP contribution in [-0.2, 0) is 28.3 Å². The van der Waals surface area contributed by atoms with Crippen molar-refractivity contribution < 1.29 is 28.3 Å². The summed E-state index contributed by atoms with van der Waals surface area (Å²) in [6.45, 7) is 19.2. The highest BCUT2D eigenvalue weighted by molar-refractivity contribution is 6.74. The molecule has 1 amide bonds. The SMILES string of the molecule is C=CCOC(=O)C(C(=O)OCC=C)C1NC(=O)C1C(C)O[Si](C)(C)C(C)(C)C. The summed E-state index contributed by atoms with van der Waals surface area (Å²) in [6, 6.07) is -0.748. The lowest BCUT2D eigenvalue weighted by Crippen LogP contribution is -2.68. The van der Waals surface area contributed by atoms with Crippen molar-refractivity contribution in [2.75, 3.05) is 13.2 Å². The summed E-state index contributed by atoms with van der Waals surface area (Å²) in [5.41, 5.74) is 0. The summed E-state index contributed by atoms with van der Waals surface area (Å²) < 4.78 is 16.4. The molecule has 1 fully saturated rings. The largest absolute Gasteiger partial charge is 0.461 e. The number of rotatable bonds is 10. The van der Waals surface area contributed by atoms with E-state index in [1.165, 1.54) is 12.2 Å². The minimum absolute atomic E-state index is 0.0363. The highest BCUT2D eigenvalue weighted by Gasteiger charge is 2.54. The number of amides is 1. The van der Waals surface area contributed by atoms with Crippen LogP contribution in [0.25, 0.3) is 0 Å². The van der Waals surface area contributed by atoms with Gasteiger partial charge in [-0.25, -0.2) is 0 Å². The minimum Gasteiger partial charge on any atom is -0.461 e. The molecule has 0 bridgehead atoms. The predicted octanol–water partition coefficient (Wildman–Crippen LogP) is 2.59. The molecular formula is C20H33NO6Si. The van der Waals surface area contributed by atoms with Crippen LogP contribution in [0, 0.1) is 11.8 Å². The molecule has 3 unspecified atom stereocenters. The molecule has 1 rings (SSSR count). The van der Waals surface area contributed by atoms with Gasteiger partial charge in [-0.05, 0) is 25.1 Å². The Labute approximate surface area is 168 Å². The first kappa shape index (κ1) is 24.1. The number of carbonyl (C=O) groups excluding carboxylic acids is 3. The first-order chi connectivity index (χ1) is 12.9. The van der Waals surface area contributed by atoms with Crippen LogP contribution in [0.15, 0.2) is 25.3 Å². The molecule has 0 saturated carbocycles. The lowest BCUT2D eigenvalue weighted by Gasteiger charge is -2.46. The van der Waals surface area contributed by atoms with Gasteiger partial charge in [-0.1, -0.05) is 46.1 Å². The monoisotopic (exact) mass is 411 g/mol. The summed E-state index contributed by atoms with van der Waals surface area (Å²) in [5.74, 6) is -3.69. The Morgan fingerprint density at radius 2 is 1.61 bits per heavy atom. The smallest absolute Gasteiger partial charge is 0.322 e. The third kappa shape index (κ3) is 5.54. The van der Waals surface area contributed by atoms with Crippen molar-refractivity contribution in [3.05, 3.63) is 25.3 Å². The van der Waals surface area contributed by atoms with Crippen LogP contribution in [-0.4, -0.2) is 51.5 Å². The number of ether oxygens (including phenoxy) is 2. The number of esters is 2. The van der Waals surface area contributed by atoms with Crippen LogP contribution in [0.3, 0.4) is 0 Å². The summed E-state index contributed by atoms with van der Waals surface area (Å²) in [6.07, 6.45) is 2.36. The molecular weight excluding hydrogens is 378 g/mol. The summed E-state index contributed by atoms with van der Waals surface area (Å²) in [4.78, 5) is 37.2. The van der Waals surface area contributed by atoms with Crippen LogP contribution in [0.2, 0.25) is 18.1 Å². The van der Waals surface area contributed by atoms with Crippen molar-refractivity contribution in [3.8, 4) is 0 Å². The van der Waals surface area contributed by atoms with Gasteiger partial charge in [-0.15, -0.1) is 0 Å². The van der Waals surface area contributed by atoms with E-state index in [-0.39, 0.29) is 24.2 Å². The first-order valence-electron chi connectivity index (χ1n) is 9.40. The van der Waals surface area contributed by atoms with Crippen LogP contribution in [0.1, 0.15) is 27.7 Å². The van der Waals surface area contributed by atoms with Crippen LogP contribution < -0.4 is 5.32 Å². The Balaban J connectivity index is 3.04. The highest BCUT2D eigenvalue weighted by atomic mass is 28.4. The van der Waals surface area contributed by atoms with E-state index in [0.29, 0.717) is 0 Å². The lowest BCUT2D eigenvalue weighted by molar-refractivity contribution is -0.168. The van der Waals surface area contributed by atoms with Gasteiger partial charge in [0.05, 0.1) is 18.1 Å². The van der Waals surface area contributed by atoms with Gasteiger partial charge in [0.25, 0.3) is 0 Å². The van der Waals surface area contributed by atoms with Gasteiger partial charge < -0.3 is 19.2 Å². The zero-order valence-corrected chi connectivity index (χ0v) is 18.7. The van der Waals surface area contributed by atoms with Crippen LogP contribution in [0.5, 0.6) is 0 Å². The van der Waals surface area contributed by atoms with E-state index in [4.69, 9.17) is 13.9 Å². The summed E-state index contributed by atoms with van der Waals surface area (Å²) in [7, 11) is -2.14. The highest BCUT2D eigenvalue weighted by Crippen LogP contribution is 2.39. The Morgan fingerprint density at radius 3 is 1.96 bits per heavy atom. The zero-order chi connectivity index (χ0) is 21.7. The van der Waals surface area contributed by atoms with Gasteiger partial charge >= 0.3 is 11.9 Å². The van der Waals surface area contributed by atoms with Gasteiger partial charge in [-0.3, -0.25) is 14.4 Å². The summed E-state index contributed by atoms with van der Waals surface area (Å²) >= 11 is 0. The normalized spacial score (nSPS) is 20.6. The fourth-order valence-electron chi connectivity index (χ4n) is 2.78. The average molecular weight is 412 g/mol. The maximum atomic E-state index is 12.5. The van der Waals surface area contributed by atoms with Crippen LogP contribution >= 0.6 is 0 Å². The second-order valence-corrected chi connectivity index (χ2v) is 13.2. The molecule has 28 heavy (non-hydrogen) atoms. The Bertz CT molecular complexity index is 601. The number of nitrogens with one attached hydrogen (secondary N) is 1. The van der Waals surface area contributed by atoms with E-state index in [9.17, 15) is 14.4 Å². The Hall–Kier alpha value is -1.93. The third-order valence-corrected chi connectivity index (χ3v) is 9.92. The van der Waals surface area contributed by atoms with E-state index >= 15 is 0 Å². The fraction of sp³-hybridized carbons (Fsp3) is 0.650. The molecule has 1 aliphatic rings. The second kappa shape index (κ2) is 9.51. The second-order valence-electron chi connectivity index (χ2n) is 8.46. The molecule has 0 aromatic carbocycles. The maximum absolute atomic E-state index is 12.5. The average Bonchev–Trinajstić information content (AvgIpc) is 2.55. The summed E-state index contributed by atoms with van der Waals surface area (Å²) in [5, 5.41) is 2.62. The van der Waals surface area contributed by atoms with Gasteiger partial charge in [-0.2, -0.15) is 0 Å². The van der Waals surface area contributed by atoms with Gasteiger partial charge in [0.1, 0.15) is 13.2 Å². The molecule has 158 valence electrons. The van der Waals surface area contributed by atoms with E-state index in [2.05, 4.69) is 52.3 Å². The molecule has 1 N–H and O–H groups in total. The van der Waals surface area contributed by atoms with Crippen molar-refractivity contribution in [2.24, 2.45) is 11.8 Å². The maximum Gasteiger partial charge on any atom is 0.322 e. The minimum atomic E-state index is -2.14. The van der Waals surface area contributed by atoms with Crippen molar-refractivity contribution in [3.63, 3.8) is 0 Å². The number of β-lactam (4-membered cyclic amide) rings is 1. The van der Waals surface area contributed by atoms with Crippen molar-refractivity contribution in [1.82, 2.24) is 5.32 Å². The van der Waals surface area contributed by atoms with Gasteiger partial charge in [0.15, 0.2) is 14.2 Å². The van der Waals surface area contributed by atoms with Crippen molar-refractivity contribution >= 4 is 26.2 Å². The number of hydrogen-bond acceptors (Lipinski definition) is 6. The molecule has 0 spiro atoms. The van der Waals surface area contributed by atoms with Crippen molar-refractivity contribution in [2.45, 2.75) is 58.0 Å². The predicted molar refractivity (Wildman–Crippen MR) is 109 cm³/mol. The fourth-order valence-corrected chi connectivity index (χ4v) is 4.21. The molecule has 0 radical (unpaired) electrons. The van der Waals surface area contributed by atoms with Crippen LogP contribution in [0.4, 0.5) is 0 Å². The molecule has 0 aromatic heterocycles. The first-order valence-corrected chi connectivity index (χ1v) is 12.3. The van der Waals surface area contributed by atoms with Gasteiger partial charge in [0, 0.05) is 0 Å². The lowest BCUT2D eigenvalue weighted by atomic mass is 9.78. The molecule has 1 heterocycles. The number of hydrogen-bond donors (Lipinski definition) is 1. The molecule has 8 heteroatoms. The molecule has 0 aromatic rings. The standard InChI is InChI=1S/C20H33NO6Si/c1-9-11-25-18(23)15(19(24)26-12-10-2)16-14(17(22)21-16)13(3)27-28(7,8)20(4,5)6/h9-10,13-16H,1-2,11-12H2,3-8H3,(H,21,22). The quantitative estimate of drug-likeness (QED) is 0.195. The zero-order valence-electron chi connectivity index (χ0n) is 17.7. The molecule has 1 saturated heterocycles. The van der Waals surface area contributed by atoms with Crippen molar-refractivity contribution in [1.29, 1.82) is 0 Å². The van der Waals surface area contributed by atoms with E-state index in [1.807, 2.05) is 0 Å². The molecule has 0 aliphatic carbocycles.